The number of esters is 1. The van der Waals surface area contributed by atoms with E-state index in [2.05, 4.69) is 0 Å². The predicted molar refractivity (Wildman–Crippen MR) is 125 cm³/mol. The summed E-state index contributed by atoms with van der Waals surface area (Å²) >= 11 is 0. The number of ether oxygens (including phenoxy) is 4. The number of phenolic OH excluding ortho intramolecular Hbond substituents is 1. The highest BCUT2D eigenvalue weighted by molar-refractivity contribution is 5.88. The van der Waals surface area contributed by atoms with Gasteiger partial charge < -0.3 is 54.7 Å². The van der Waals surface area contributed by atoms with E-state index < -0.39 is 79.6 Å². The van der Waals surface area contributed by atoms with Crippen LogP contribution in [0.15, 0.2) is 54.3 Å². The van der Waals surface area contributed by atoms with Gasteiger partial charge in [0.25, 0.3) is 0 Å². The van der Waals surface area contributed by atoms with Crippen LogP contribution in [0.1, 0.15) is 5.56 Å². The maximum Gasteiger partial charge on any atom is 0.335 e. The van der Waals surface area contributed by atoms with E-state index in [1.165, 1.54) is 30.4 Å². The molecule has 0 amide bonds. The number of allylic oxidation sites excluding steroid dienone is 1. The molecule has 2 heterocycles. The van der Waals surface area contributed by atoms with Crippen molar-refractivity contribution in [3.05, 3.63) is 59.9 Å². The molecule has 3 aliphatic rings. The highest BCUT2D eigenvalue weighted by atomic mass is 16.8. The summed E-state index contributed by atoms with van der Waals surface area (Å²) in [6.07, 6.45) is -3.40. The number of aliphatic hydroxyl groups excluding tert-OH is 4. The molecule has 2 aliphatic heterocycles. The quantitative estimate of drug-likeness (QED) is 0.116. The average molecular weight is 536 g/mol. The lowest BCUT2D eigenvalue weighted by Crippen LogP contribution is -2.61. The Morgan fingerprint density at radius 2 is 1.76 bits per heavy atom. The summed E-state index contributed by atoms with van der Waals surface area (Å²) in [6.45, 7) is -1.32. The van der Waals surface area contributed by atoms with Crippen molar-refractivity contribution in [2.45, 2.75) is 42.6 Å². The van der Waals surface area contributed by atoms with Crippen LogP contribution in [-0.4, -0.2) is 103 Å². The van der Waals surface area contributed by atoms with Gasteiger partial charge in [-0.2, -0.15) is 0 Å². The Morgan fingerprint density at radius 1 is 1.05 bits per heavy atom. The lowest BCUT2D eigenvalue weighted by Gasteiger charge is -2.44. The van der Waals surface area contributed by atoms with Crippen molar-refractivity contribution in [1.82, 2.24) is 0 Å². The Labute approximate surface area is 216 Å². The molecule has 0 bridgehead atoms. The van der Waals surface area contributed by atoms with Crippen molar-refractivity contribution >= 4 is 18.0 Å². The number of carbonyl (C=O) groups excluding carboxylic acids is 1. The normalized spacial score (nSPS) is 36.4. The summed E-state index contributed by atoms with van der Waals surface area (Å²) < 4.78 is 21.6. The number of aliphatic hydroxyl groups is 5. The van der Waals surface area contributed by atoms with Gasteiger partial charge in [0.2, 0.25) is 6.29 Å². The molecule has 0 saturated carbocycles. The molecule has 206 valence electrons. The molecule has 0 spiro atoms. The van der Waals surface area contributed by atoms with Crippen molar-refractivity contribution in [2.24, 2.45) is 11.8 Å². The van der Waals surface area contributed by atoms with E-state index in [1.807, 2.05) is 0 Å². The Kier molecular flexibility index (Phi) is 8.18. The van der Waals surface area contributed by atoms with E-state index in [4.69, 9.17) is 18.9 Å². The highest BCUT2D eigenvalue weighted by Gasteiger charge is 2.56. The molecule has 13 heteroatoms. The Balaban J connectivity index is 1.50. The predicted octanol–water partition coefficient (Wildman–Crippen LogP) is -1.38. The van der Waals surface area contributed by atoms with E-state index in [1.54, 1.807) is 12.1 Å². The second-order valence-electron chi connectivity index (χ2n) is 9.15. The van der Waals surface area contributed by atoms with Crippen LogP contribution < -0.4 is 0 Å². The molecular formula is C25H28O13. The fraction of sp³-hybridized carbons (Fsp3) is 0.440. The van der Waals surface area contributed by atoms with Crippen LogP contribution in [0.25, 0.3) is 6.08 Å². The van der Waals surface area contributed by atoms with Gasteiger partial charge in [-0.1, -0.05) is 24.3 Å². The van der Waals surface area contributed by atoms with Crippen molar-refractivity contribution in [3.63, 3.8) is 0 Å². The first kappa shape index (κ1) is 27.7. The number of fused-ring (bicyclic) bond motifs is 1. The van der Waals surface area contributed by atoms with Gasteiger partial charge in [-0.3, -0.25) is 0 Å². The van der Waals surface area contributed by atoms with Crippen LogP contribution in [0.2, 0.25) is 0 Å². The lowest BCUT2D eigenvalue weighted by molar-refractivity contribution is -0.346. The number of aromatic hydroxyl groups is 1. The minimum absolute atomic E-state index is 0.0551. The van der Waals surface area contributed by atoms with E-state index in [-0.39, 0.29) is 11.3 Å². The standard InChI is InChI=1S/C25H28O13/c26-9-16-19(29)20(30)21(31)24(37-16)38-23-18-14(15(10-35-23)22(32)33)7-8-25(18,34)11-36-17(28)6-3-12-1-4-13(27)5-2-12/h1-8,10,14,16,18-21,23-24,26-27,29-31,34H,9,11H2,(H,32,33)/b6-3-. The Bertz CT molecular complexity index is 1110. The third-order valence-electron chi connectivity index (χ3n) is 6.65. The minimum atomic E-state index is -1.97. The van der Waals surface area contributed by atoms with Crippen LogP contribution in [0, 0.1) is 11.8 Å². The van der Waals surface area contributed by atoms with E-state index in [0.29, 0.717) is 5.56 Å². The second kappa shape index (κ2) is 11.2. The maximum atomic E-state index is 12.3. The Hall–Kier alpha value is -3.30. The molecule has 4 rings (SSSR count). The second-order valence-corrected chi connectivity index (χ2v) is 9.15. The molecule has 9 atom stereocenters. The number of carboxylic acids is 1. The van der Waals surface area contributed by atoms with Crippen molar-refractivity contribution < 1.29 is 64.3 Å². The third-order valence-corrected chi connectivity index (χ3v) is 6.65. The third kappa shape index (κ3) is 5.59. The smallest absolute Gasteiger partial charge is 0.335 e. The van der Waals surface area contributed by atoms with Crippen LogP contribution in [0.4, 0.5) is 0 Å². The van der Waals surface area contributed by atoms with Gasteiger partial charge in [0.05, 0.1) is 24.4 Å². The van der Waals surface area contributed by atoms with Crippen molar-refractivity contribution in [2.75, 3.05) is 13.2 Å². The number of hydrogen-bond acceptors (Lipinski definition) is 12. The van der Waals surface area contributed by atoms with Crippen LogP contribution in [0.3, 0.4) is 0 Å². The molecule has 7 N–H and O–H groups in total. The fourth-order valence-corrected chi connectivity index (χ4v) is 4.57. The molecule has 0 radical (unpaired) electrons. The number of phenols is 1. The molecule has 1 aromatic rings. The number of carbonyl (C=O) groups is 2. The molecule has 1 aliphatic carbocycles. The summed E-state index contributed by atoms with van der Waals surface area (Å²) in [5, 5.41) is 70.1. The lowest BCUT2D eigenvalue weighted by atomic mass is 9.79. The fourth-order valence-electron chi connectivity index (χ4n) is 4.57. The number of benzene rings is 1. The molecule has 9 unspecified atom stereocenters. The van der Waals surface area contributed by atoms with Gasteiger partial charge in [0.15, 0.2) is 6.29 Å². The first-order valence-electron chi connectivity index (χ1n) is 11.6. The SMILES string of the molecule is O=C(/C=C\c1ccc(O)cc1)OCC1(O)C=CC2C(C(=O)O)=COC(OC3OC(CO)C(O)C(O)C3O)C21. The zero-order valence-corrected chi connectivity index (χ0v) is 19.8. The summed E-state index contributed by atoms with van der Waals surface area (Å²) in [5.74, 6) is -4.23. The van der Waals surface area contributed by atoms with Crippen molar-refractivity contribution in [1.29, 1.82) is 0 Å². The minimum Gasteiger partial charge on any atom is -0.508 e. The van der Waals surface area contributed by atoms with Gasteiger partial charge in [-0.15, -0.1) is 0 Å². The molecule has 1 saturated heterocycles. The van der Waals surface area contributed by atoms with Gasteiger partial charge in [-0.05, 0) is 23.8 Å². The van der Waals surface area contributed by atoms with E-state index >= 15 is 0 Å². The largest absolute Gasteiger partial charge is 0.508 e. The number of hydrogen-bond donors (Lipinski definition) is 7. The number of rotatable bonds is 8. The van der Waals surface area contributed by atoms with E-state index in [0.717, 1.165) is 12.3 Å². The van der Waals surface area contributed by atoms with Gasteiger partial charge >= 0.3 is 11.9 Å². The number of aliphatic carboxylic acids is 1. The highest BCUT2D eigenvalue weighted by Crippen LogP contribution is 2.45. The molecule has 1 fully saturated rings. The van der Waals surface area contributed by atoms with Crippen molar-refractivity contribution in [3.8, 4) is 5.75 Å². The first-order valence-corrected chi connectivity index (χ1v) is 11.6. The average Bonchev–Trinajstić information content (AvgIpc) is 3.25. The van der Waals surface area contributed by atoms with Crippen LogP contribution >= 0.6 is 0 Å². The monoisotopic (exact) mass is 536 g/mol. The zero-order chi connectivity index (χ0) is 27.6. The molecule has 13 nitrogen and oxygen atoms in total. The maximum absolute atomic E-state index is 12.3. The van der Waals surface area contributed by atoms with Gasteiger partial charge in [0, 0.05) is 12.0 Å². The van der Waals surface area contributed by atoms with Crippen LogP contribution in [-0.2, 0) is 28.5 Å². The molecule has 38 heavy (non-hydrogen) atoms. The summed E-state index contributed by atoms with van der Waals surface area (Å²) in [5.41, 5.74) is -1.58. The topological polar surface area (TPSA) is 213 Å². The molecule has 1 aromatic carbocycles. The summed E-state index contributed by atoms with van der Waals surface area (Å²) in [4.78, 5) is 24.1. The van der Waals surface area contributed by atoms with Gasteiger partial charge in [-0.25, -0.2) is 9.59 Å². The van der Waals surface area contributed by atoms with Crippen LogP contribution in [0.5, 0.6) is 5.75 Å². The molecular weight excluding hydrogens is 508 g/mol. The zero-order valence-electron chi connectivity index (χ0n) is 19.8. The van der Waals surface area contributed by atoms with E-state index in [9.17, 15) is 45.3 Å². The summed E-state index contributed by atoms with van der Waals surface area (Å²) in [7, 11) is 0. The molecule has 0 aromatic heterocycles. The first-order chi connectivity index (χ1) is 18.0. The Morgan fingerprint density at radius 3 is 2.42 bits per heavy atom. The van der Waals surface area contributed by atoms with Gasteiger partial charge in [0.1, 0.15) is 42.4 Å². The summed E-state index contributed by atoms with van der Waals surface area (Å²) in [6, 6.07) is 6.00. The number of carboxylic acid groups (broad SMARTS) is 1.